The predicted octanol–water partition coefficient (Wildman–Crippen LogP) is 7.29. The van der Waals surface area contributed by atoms with Crippen LogP contribution in [0.4, 0.5) is 5.69 Å². The van der Waals surface area contributed by atoms with Gasteiger partial charge in [0.15, 0.2) is 0 Å². The Kier molecular flexibility index (Phi) is 5.43. The van der Waals surface area contributed by atoms with Crippen molar-refractivity contribution in [2.75, 3.05) is 5.32 Å². The molecular weight excluding hydrogens is 366 g/mol. The lowest BCUT2D eigenvalue weighted by Gasteiger charge is -2.25. The third kappa shape index (κ3) is 3.63. The van der Waals surface area contributed by atoms with Gasteiger partial charge in [0, 0.05) is 40.4 Å². The fourth-order valence-electron chi connectivity index (χ4n) is 4.72. The van der Waals surface area contributed by atoms with Crippen molar-refractivity contribution in [3.05, 3.63) is 65.4 Å². The van der Waals surface area contributed by atoms with E-state index in [1.807, 2.05) is 6.92 Å². The highest BCUT2D eigenvalue weighted by Gasteiger charge is 2.22. The molecule has 3 aromatic rings. The highest BCUT2D eigenvalue weighted by Crippen LogP contribution is 2.40. The van der Waals surface area contributed by atoms with E-state index < -0.39 is 0 Å². The number of nitrogens with one attached hydrogen (secondary N) is 1. The van der Waals surface area contributed by atoms with Crippen LogP contribution in [0.1, 0.15) is 62.3 Å². The molecule has 1 aliphatic carbocycles. The van der Waals surface area contributed by atoms with E-state index in [0.717, 1.165) is 36.8 Å². The first-order chi connectivity index (χ1) is 14.4. The Hall–Kier alpha value is -2.99. The van der Waals surface area contributed by atoms with Gasteiger partial charge >= 0.3 is 0 Å². The number of nitrogens with zero attached hydrogens (tertiary/aromatic N) is 2. The Morgan fingerprint density at radius 2 is 1.87 bits per heavy atom. The monoisotopic (exact) mass is 397 g/mol. The summed E-state index contributed by atoms with van der Waals surface area (Å²) in [5, 5.41) is 14.4. The lowest BCUT2D eigenvalue weighted by Crippen LogP contribution is -2.12. The van der Waals surface area contributed by atoms with Crippen molar-refractivity contribution in [1.82, 2.24) is 4.57 Å². The van der Waals surface area contributed by atoms with Crippen LogP contribution >= 0.6 is 0 Å². The molecule has 4 rings (SSSR count). The molecule has 3 nitrogen and oxygen atoms in total. The third-order valence-electron chi connectivity index (χ3n) is 6.42. The van der Waals surface area contributed by atoms with Gasteiger partial charge in [-0.25, -0.2) is 0 Å². The molecule has 30 heavy (non-hydrogen) atoms. The van der Waals surface area contributed by atoms with Gasteiger partial charge in [-0.3, -0.25) is 0 Å². The Balaban J connectivity index is 1.92. The number of benzene rings is 2. The third-order valence-corrected chi connectivity index (χ3v) is 6.42. The zero-order valence-electron chi connectivity index (χ0n) is 18.5. The average Bonchev–Trinajstić information content (AvgIpc) is 3.07. The molecule has 0 radical (unpaired) electrons. The summed E-state index contributed by atoms with van der Waals surface area (Å²) >= 11 is 0. The van der Waals surface area contributed by atoms with Crippen molar-refractivity contribution in [2.45, 2.75) is 65.5 Å². The Morgan fingerprint density at radius 3 is 2.53 bits per heavy atom. The minimum Gasteiger partial charge on any atom is -0.383 e. The Morgan fingerprint density at radius 1 is 1.13 bits per heavy atom. The molecule has 0 saturated heterocycles. The molecular formula is C27H31N3. The molecule has 1 saturated carbocycles. The number of rotatable bonds is 4. The molecule has 1 N–H and O–H groups in total. The summed E-state index contributed by atoms with van der Waals surface area (Å²) < 4.78 is 2.47. The smallest absolute Gasteiger partial charge is 0.0994 e. The first kappa shape index (κ1) is 20.3. The summed E-state index contributed by atoms with van der Waals surface area (Å²) in [6.07, 6.45) is 6.79. The maximum atomic E-state index is 9.65. The number of allylic oxidation sites excluding steroid dienone is 1. The van der Waals surface area contributed by atoms with Crippen LogP contribution < -0.4 is 5.32 Å². The first-order valence-corrected chi connectivity index (χ1v) is 11.0. The fourth-order valence-corrected chi connectivity index (χ4v) is 4.72. The van der Waals surface area contributed by atoms with Crippen LogP contribution in [0, 0.1) is 25.2 Å². The lowest BCUT2D eigenvalue weighted by atomic mass is 9.91. The van der Waals surface area contributed by atoms with E-state index in [2.05, 4.69) is 79.8 Å². The Bertz CT molecular complexity index is 1150. The second-order valence-corrected chi connectivity index (χ2v) is 9.00. The van der Waals surface area contributed by atoms with Crippen molar-refractivity contribution in [3.63, 3.8) is 0 Å². The molecule has 0 bridgehead atoms. The quantitative estimate of drug-likeness (QED) is 0.470. The Labute approximate surface area is 180 Å². The molecule has 0 unspecified atom stereocenters. The molecule has 0 spiro atoms. The van der Waals surface area contributed by atoms with E-state index >= 15 is 0 Å². The number of aromatic nitrogens is 1. The van der Waals surface area contributed by atoms with Gasteiger partial charge in [0.05, 0.1) is 11.6 Å². The second kappa shape index (κ2) is 8.03. The van der Waals surface area contributed by atoms with Gasteiger partial charge in [0.25, 0.3) is 0 Å². The highest BCUT2D eigenvalue weighted by molar-refractivity contribution is 5.99. The zero-order valence-corrected chi connectivity index (χ0v) is 18.5. The highest BCUT2D eigenvalue weighted by atomic mass is 15.0. The predicted molar refractivity (Wildman–Crippen MR) is 127 cm³/mol. The van der Waals surface area contributed by atoms with Crippen LogP contribution in [0.2, 0.25) is 0 Å². The summed E-state index contributed by atoms with van der Waals surface area (Å²) in [7, 11) is 0. The molecule has 3 heteroatoms. The van der Waals surface area contributed by atoms with Crippen LogP contribution in [0.25, 0.3) is 22.0 Å². The number of anilines is 1. The van der Waals surface area contributed by atoms with Crippen LogP contribution in [-0.4, -0.2) is 10.6 Å². The first-order valence-electron chi connectivity index (χ1n) is 11.0. The normalized spacial score (nSPS) is 15.0. The number of hydrogen-bond donors (Lipinski definition) is 1. The molecule has 1 fully saturated rings. The van der Waals surface area contributed by atoms with Crippen molar-refractivity contribution in [3.8, 4) is 17.2 Å². The average molecular weight is 398 g/mol. The number of fused-ring (bicyclic) bond motifs is 1. The topological polar surface area (TPSA) is 40.8 Å². The lowest BCUT2D eigenvalue weighted by molar-refractivity contribution is 0.409. The van der Waals surface area contributed by atoms with Crippen LogP contribution in [0.5, 0.6) is 0 Å². The molecule has 1 aromatic heterocycles. The van der Waals surface area contributed by atoms with Crippen molar-refractivity contribution in [2.24, 2.45) is 0 Å². The maximum absolute atomic E-state index is 9.65. The maximum Gasteiger partial charge on any atom is 0.0994 e. The minimum absolute atomic E-state index is 0.378. The van der Waals surface area contributed by atoms with Crippen LogP contribution in [0.3, 0.4) is 0 Å². The summed E-state index contributed by atoms with van der Waals surface area (Å²) in [4.78, 5) is 0. The summed E-state index contributed by atoms with van der Waals surface area (Å²) in [6.45, 7) is 12.7. The standard InChI is InChI=1S/C27H31N3/c1-17(2)29-26-8-6-7-23(20(26)5)25-16-30(22-11-9-18(3)10-12-22)27-13-19(4)21(15-28)14-24(25)27/h6-8,13-14,16-17,22,29H,3,9-12H2,1-2,4-5H3. The van der Waals surface area contributed by atoms with Crippen LogP contribution in [0.15, 0.2) is 48.7 Å². The van der Waals surface area contributed by atoms with Gasteiger partial charge < -0.3 is 9.88 Å². The number of hydrogen-bond acceptors (Lipinski definition) is 2. The zero-order chi connectivity index (χ0) is 21.4. The van der Waals surface area contributed by atoms with Gasteiger partial charge in [-0.05, 0) is 88.3 Å². The SMILES string of the molecule is C=C1CCC(n2cc(-c3cccc(NC(C)C)c3C)c3cc(C#N)c(C)cc32)CC1. The van der Waals surface area contributed by atoms with Crippen molar-refractivity contribution >= 4 is 16.6 Å². The number of nitriles is 1. The van der Waals surface area contributed by atoms with Gasteiger partial charge in [-0.1, -0.05) is 24.3 Å². The number of aryl methyl sites for hydroxylation is 1. The molecule has 1 heterocycles. The molecule has 1 aliphatic rings. The van der Waals surface area contributed by atoms with Crippen molar-refractivity contribution in [1.29, 1.82) is 5.26 Å². The summed E-state index contributed by atoms with van der Waals surface area (Å²) in [5.41, 5.74) is 9.28. The minimum atomic E-state index is 0.378. The van der Waals surface area contributed by atoms with E-state index in [4.69, 9.17) is 0 Å². The molecule has 154 valence electrons. The van der Waals surface area contributed by atoms with Gasteiger partial charge in [0.2, 0.25) is 0 Å². The molecule has 0 amide bonds. The largest absolute Gasteiger partial charge is 0.383 e. The summed E-state index contributed by atoms with van der Waals surface area (Å²) in [5.74, 6) is 0. The van der Waals surface area contributed by atoms with E-state index in [-0.39, 0.29) is 0 Å². The fraction of sp³-hybridized carbons (Fsp3) is 0.370. The van der Waals surface area contributed by atoms with Gasteiger partial charge in [-0.2, -0.15) is 5.26 Å². The van der Waals surface area contributed by atoms with E-state index in [1.54, 1.807) is 0 Å². The van der Waals surface area contributed by atoms with E-state index in [1.165, 1.54) is 38.9 Å². The molecule has 2 aromatic carbocycles. The van der Waals surface area contributed by atoms with Crippen LogP contribution in [-0.2, 0) is 0 Å². The molecule has 0 aliphatic heterocycles. The second-order valence-electron chi connectivity index (χ2n) is 9.00. The van der Waals surface area contributed by atoms with E-state index in [9.17, 15) is 5.26 Å². The summed E-state index contributed by atoms with van der Waals surface area (Å²) in [6, 6.07) is 14.0. The van der Waals surface area contributed by atoms with E-state index in [0.29, 0.717) is 12.1 Å². The molecule has 0 atom stereocenters. The van der Waals surface area contributed by atoms with Gasteiger partial charge in [0.1, 0.15) is 0 Å². The van der Waals surface area contributed by atoms with Crippen molar-refractivity contribution < 1.29 is 0 Å². The van der Waals surface area contributed by atoms with Gasteiger partial charge in [-0.15, -0.1) is 0 Å².